The van der Waals surface area contributed by atoms with Crippen molar-refractivity contribution < 1.29 is 24.1 Å². The molecule has 7 heteroatoms. The summed E-state index contributed by atoms with van der Waals surface area (Å²) in [6.45, 7) is 7.90. The van der Waals surface area contributed by atoms with E-state index < -0.39 is 0 Å². The second kappa shape index (κ2) is 10.6. The van der Waals surface area contributed by atoms with E-state index in [2.05, 4.69) is 41.9 Å². The van der Waals surface area contributed by atoms with Crippen molar-refractivity contribution in [3.05, 3.63) is 46.2 Å². The minimum absolute atomic E-state index is 0.000895. The molecule has 1 atom stereocenters. The molecule has 1 saturated heterocycles. The van der Waals surface area contributed by atoms with Crippen molar-refractivity contribution in [3.8, 4) is 11.5 Å². The normalized spacial score (nSPS) is 20.1. The topological polar surface area (TPSA) is 56.4 Å². The van der Waals surface area contributed by atoms with Gasteiger partial charge in [-0.05, 0) is 43.0 Å². The van der Waals surface area contributed by atoms with Gasteiger partial charge in [0.1, 0.15) is 32.7 Å². The first-order valence-electron chi connectivity index (χ1n) is 10.3. The second-order valence-electron chi connectivity index (χ2n) is 7.62. The third kappa shape index (κ3) is 5.95. The van der Waals surface area contributed by atoms with Crippen molar-refractivity contribution in [2.24, 2.45) is 0 Å². The van der Waals surface area contributed by atoms with Crippen molar-refractivity contribution in [1.82, 2.24) is 5.32 Å². The Kier molecular flexibility index (Phi) is 7.91. The number of quaternary nitrogens is 2. The summed E-state index contributed by atoms with van der Waals surface area (Å²) < 4.78 is 10.7. The first kappa shape index (κ1) is 21.6. The SMILES string of the molecule is COc1ccc(C[NH+]2CC[NH+]([C@@H](C)C(=O)NCCc3cccs3)CC2)cc1OC. The monoisotopic (exact) mass is 419 g/mol. The van der Waals surface area contributed by atoms with Crippen LogP contribution >= 0.6 is 11.3 Å². The van der Waals surface area contributed by atoms with Crippen LogP contribution in [0.1, 0.15) is 17.4 Å². The lowest BCUT2D eigenvalue weighted by molar-refractivity contribution is -1.02. The number of hydrogen-bond donors (Lipinski definition) is 3. The Morgan fingerprint density at radius 3 is 2.55 bits per heavy atom. The van der Waals surface area contributed by atoms with Crippen LogP contribution in [0.2, 0.25) is 0 Å². The van der Waals surface area contributed by atoms with Crippen LogP contribution in [-0.4, -0.2) is 58.9 Å². The number of amides is 1. The Balaban J connectivity index is 1.42. The van der Waals surface area contributed by atoms with E-state index >= 15 is 0 Å². The van der Waals surface area contributed by atoms with Crippen LogP contribution in [0.15, 0.2) is 35.7 Å². The second-order valence-corrected chi connectivity index (χ2v) is 8.65. The third-order valence-corrected chi connectivity index (χ3v) is 6.69. The van der Waals surface area contributed by atoms with Gasteiger partial charge in [0.25, 0.3) is 5.91 Å². The standard InChI is InChI=1S/C22H31N3O3S/c1-17(22(26)23-9-8-19-5-4-14-29-19)25-12-10-24(11-13-25)16-18-6-7-20(27-2)21(15-18)28-3/h4-7,14-15,17H,8-13,16H2,1-3H3,(H,23,26)/p+2/t17-/m0/s1. The van der Waals surface area contributed by atoms with Crippen LogP contribution < -0.4 is 24.6 Å². The van der Waals surface area contributed by atoms with Gasteiger partial charge in [-0.3, -0.25) is 4.79 Å². The molecule has 3 rings (SSSR count). The zero-order valence-corrected chi connectivity index (χ0v) is 18.4. The van der Waals surface area contributed by atoms with E-state index in [-0.39, 0.29) is 11.9 Å². The van der Waals surface area contributed by atoms with Gasteiger partial charge in [0.15, 0.2) is 17.5 Å². The lowest BCUT2D eigenvalue weighted by Gasteiger charge is -2.32. The van der Waals surface area contributed by atoms with Gasteiger partial charge < -0.3 is 24.6 Å². The smallest absolute Gasteiger partial charge is 0.278 e. The summed E-state index contributed by atoms with van der Waals surface area (Å²) in [5.74, 6) is 1.71. The van der Waals surface area contributed by atoms with E-state index in [1.54, 1.807) is 30.5 Å². The van der Waals surface area contributed by atoms with E-state index in [0.717, 1.165) is 50.6 Å². The molecule has 1 aliphatic heterocycles. The molecule has 0 unspecified atom stereocenters. The van der Waals surface area contributed by atoms with Crippen molar-refractivity contribution in [2.75, 3.05) is 46.9 Å². The summed E-state index contributed by atoms with van der Waals surface area (Å²) in [5, 5.41) is 5.18. The molecule has 1 aliphatic rings. The maximum atomic E-state index is 12.5. The predicted molar refractivity (Wildman–Crippen MR) is 115 cm³/mol. The maximum Gasteiger partial charge on any atom is 0.278 e. The number of thiophene rings is 1. The number of hydrogen-bond acceptors (Lipinski definition) is 4. The van der Waals surface area contributed by atoms with Crippen LogP contribution in [0.5, 0.6) is 11.5 Å². The van der Waals surface area contributed by atoms with E-state index in [1.807, 2.05) is 6.07 Å². The summed E-state index contributed by atoms with van der Waals surface area (Å²) in [6, 6.07) is 10.3. The molecule has 2 heterocycles. The number of rotatable bonds is 9. The van der Waals surface area contributed by atoms with Crippen molar-refractivity contribution in [3.63, 3.8) is 0 Å². The quantitative estimate of drug-likeness (QED) is 0.528. The number of carbonyl (C=O) groups excluding carboxylic acids is 1. The molecule has 0 aliphatic carbocycles. The van der Waals surface area contributed by atoms with Gasteiger partial charge in [0, 0.05) is 17.0 Å². The molecule has 0 saturated carbocycles. The van der Waals surface area contributed by atoms with Gasteiger partial charge in [-0.25, -0.2) is 0 Å². The Morgan fingerprint density at radius 1 is 1.14 bits per heavy atom. The first-order valence-corrected chi connectivity index (χ1v) is 11.2. The molecule has 0 radical (unpaired) electrons. The average Bonchev–Trinajstić information content (AvgIpc) is 3.27. The number of ether oxygens (including phenoxy) is 2. The maximum absolute atomic E-state index is 12.5. The van der Waals surface area contributed by atoms with Gasteiger partial charge >= 0.3 is 0 Å². The van der Waals surface area contributed by atoms with E-state index in [1.165, 1.54) is 15.3 Å². The average molecular weight is 420 g/mol. The highest BCUT2D eigenvalue weighted by molar-refractivity contribution is 7.09. The molecule has 1 fully saturated rings. The number of carbonyl (C=O) groups is 1. The van der Waals surface area contributed by atoms with Crippen molar-refractivity contribution in [2.45, 2.75) is 25.9 Å². The largest absolute Gasteiger partial charge is 0.493 e. The van der Waals surface area contributed by atoms with Gasteiger partial charge in [-0.1, -0.05) is 6.07 Å². The van der Waals surface area contributed by atoms with Gasteiger partial charge in [0.05, 0.1) is 14.2 Å². The fraction of sp³-hybridized carbons (Fsp3) is 0.500. The molecule has 1 aromatic heterocycles. The first-order chi connectivity index (χ1) is 14.1. The van der Waals surface area contributed by atoms with E-state index in [9.17, 15) is 4.79 Å². The number of methoxy groups -OCH3 is 2. The minimum atomic E-state index is 0.000895. The molecular weight excluding hydrogens is 386 g/mol. The van der Waals surface area contributed by atoms with E-state index in [0.29, 0.717) is 6.54 Å². The molecule has 1 amide bonds. The van der Waals surface area contributed by atoms with Crippen LogP contribution in [0.4, 0.5) is 0 Å². The highest BCUT2D eigenvalue weighted by Gasteiger charge is 2.30. The van der Waals surface area contributed by atoms with Gasteiger partial charge in [-0.2, -0.15) is 0 Å². The highest BCUT2D eigenvalue weighted by Crippen LogP contribution is 2.27. The zero-order chi connectivity index (χ0) is 20.6. The van der Waals surface area contributed by atoms with Crippen LogP contribution in [0, 0.1) is 0 Å². The summed E-state index contributed by atoms with van der Waals surface area (Å²) in [6.07, 6.45) is 0.911. The predicted octanol–water partition coefficient (Wildman–Crippen LogP) is -0.204. The molecule has 158 valence electrons. The van der Waals surface area contributed by atoms with Crippen LogP contribution in [-0.2, 0) is 17.8 Å². The van der Waals surface area contributed by atoms with E-state index in [4.69, 9.17) is 9.47 Å². The molecule has 1 aromatic carbocycles. The number of piperazine rings is 1. The fourth-order valence-corrected chi connectivity index (χ4v) is 4.62. The molecule has 6 nitrogen and oxygen atoms in total. The number of nitrogens with one attached hydrogen (secondary N) is 3. The van der Waals surface area contributed by atoms with Gasteiger partial charge in [-0.15, -0.1) is 11.3 Å². The lowest BCUT2D eigenvalue weighted by atomic mass is 10.1. The van der Waals surface area contributed by atoms with Crippen LogP contribution in [0.3, 0.4) is 0 Å². The van der Waals surface area contributed by atoms with Crippen molar-refractivity contribution >= 4 is 17.2 Å². The molecule has 2 aromatic rings. The Hall–Kier alpha value is -2.09. The summed E-state index contributed by atoms with van der Waals surface area (Å²) in [4.78, 5) is 16.8. The molecule has 29 heavy (non-hydrogen) atoms. The Labute approximate surface area is 177 Å². The lowest BCUT2D eigenvalue weighted by Crippen LogP contribution is -3.29. The molecule has 0 spiro atoms. The number of benzene rings is 1. The molecule has 3 N–H and O–H groups in total. The zero-order valence-electron chi connectivity index (χ0n) is 17.6. The molecule has 0 bridgehead atoms. The fourth-order valence-electron chi connectivity index (χ4n) is 3.92. The van der Waals surface area contributed by atoms with Crippen molar-refractivity contribution in [1.29, 1.82) is 0 Å². The summed E-state index contributed by atoms with van der Waals surface area (Å²) in [7, 11) is 3.33. The minimum Gasteiger partial charge on any atom is -0.493 e. The summed E-state index contributed by atoms with van der Waals surface area (Å²) in [5.41, 5.74) is 1.25. The third-order valence-electron chi connectivity index (χ3n) is 5.76. The highest BCUT2D eigenvalue weighted by atomic mass is 32.1. The van der Waals surface area contributed by atoms with Crippen LogP contribution in [0.25, 0.3) is 0 Å². The van der Waals surface area contributed by atoms with Gasteiger partial charge in [0.2, 0.25) is 0 Å². The Morgan fingerprint density at radius 2 is 1.90 bits per heavy atom. The Bertz CT molecular complexity index is 774. The molecular formula is C22H33N3O3S+2. The summed E-state index contributed by atoms with van der Waals surface area (Å²) >= 11 is 1.74.